The minimum Gasteiger partial charge on any atom is -0.508 e. The smallest absolute Gasteiger partial charge is 0.255 e. The van der Waals surface area contributed by atoms with E-state index in [1.165, 1.54) is 19.2 Å². The molecule has 0 saturated carbocycles. The average Bonchev–Trinajstić information content (AvgIpc) is 2.77. The molecule has 4 N–H and O–H groups in total. The first-order valence-electron chi connectivity index (χ1n) is 7.57. The largest absolute Gasteiger partial charge is 0.508 e. The second kappa shape index (κ2) is 5.90. The highest BCUT2D eigenvalue weighted by molar-refractivity contribution is 5.86. The van der Waals surface area contributed by atoms with Gasteiger partial charge in [-0.3, -0.25) is 4.79 Å². The first kappa shape index (κ1) is 16.4. The average molecular weight is 329 g/mol. The molecule has 6 nitrogen and oxygen atoms in total. The van der Waals surface area contributed by atoms with Crippen LogP contribution in [0.5, 0.6) is 5.75 Å². The maximum atomic E-state index is 12.3. The number of phenols is 1. The molecule has 1 unspecified atom stereocenters. The zero-order valence-corrected chi connectivity index (χ0v) is 13.1. The monoisotopic (exact) mass is 329 g/mol. The van der Waals surface area contributed by atoms with Crippen molar-refractivity contribution in [2.24, 2.45) is 0 Å². The van der Waals surface area contributed by atoms with Gasteiger partial charge in [0, 0.05) is 7.05 Å². The lowest BCUT2D eigenvalue weighted by Gasteiger charge is -2.36. The minimum atomic E-state index is -1.97. The molecular weight excluding hydrogens is 310 g/mol. The van der Waals surface area contributed by atoms with E-state index >= 15 is 0 Å². The van der Waals surface area contributed by atoms with Crippen LogP contribution in [0, 0.1) is 0 Å². The lowest BCUT2D eigenvalue weighted by Crippen LogP contribution is -2.49. The number of amides is 1. The van der Waals surface area contributed by atoms with Crippen molar-refractivity contribution in [1.82, 2.24) is 4.90 Å². The fraction of sp³-hybridized carbons (Fsp3) is 0.278. The van der Waals surface area contributed by atoms with Crippen molar-refractivity contribution < 1.29 is 25.2 Å². The highest BCUT2D eigenvalue weighted by Crippen LogP contribution is 2.43. The van der Waals surface area contributed by atoms with Gasteiger partial charge in [-0.05, 0) is 23.3 Å². The number of carbonyl (C=O) groups excluding carboxylic acids is 1. The van der Waals surface area contributed by atoms with E-state index in [1.54, 1.807) is 42.5 Å². The first-order chi connectivity index (χ1) is 11.4. The number of hydrogen-bond donors (Lipinski definition) is 4. The van der Waals surface area contributed by atoms with Crippen LogP contribution >= 0.6 is 0 Å². The zero-order chi connectivity index (χ0) is 17.5. The molecule has 1 aliphatic rings. The second-order valence-electron chi connectivity index (χ2n) is 6.03. The Morgan fingerprint density at radius 3 is 2.42 bits per heavy atom. The van der Waals surface area contributed by atoms with Gasteiger partial charge in [0.1, 0.15) is 17.5 Å². The Labute approximate surface area is 139 Å². The molecule has 1 heterocycles. The standard InChI is InChI=1S/C18H19NO5/c1-19-15(14(21)11-6-5-9-13(20)10-11)18(24,16(22)17(19)23)12-7-3-2-4-8-12/h2-10,14-16,20-22,24H,1H3/t14?,15-,16+,18-/m0/s1. The van der Waals surface area contributed by atoms with Gasteiger partial charge in [0.15, 0.2) is 6.10 Å². The van der Waals surface area contributed by atoms with Gasteiger partial charge in [0.2, 0.25) is 0 Å². The number of benzene rings is 2. The third kappa shape index (κ3) is 2.36. The number of hydrogen-bond acceptors (Lipinski definition) is 5. The Balaban J connectivity index is 2.10. The van der Waals surface area contributed by atoms with Crippen molar-refractivity contribution in [3.8, 4) is 5.75 Å². The van der Waals surface area contributed by atoms with Crippen molar-refractivity contribution in [3.63, 3.8) is 0 Å². The number of aliphatic hydroxyl groups excluding tert-OH is 2. The number of carbonyl (C=O) groups is 1. The van der Waals surface area contributed by atoms with Crippen molar-refractivity contribution in [2.45, 2.75) is 23.9 Å². The fourth-order valence-electron chi connectivity index (χ4n) is 3.35. The zero-order valence-electron chi connectivity index (χ0n) is 13.1. The molecule has 3 rings (SSSR count). The van der Waals surface area contributed by atoms with Crippen LogP contribution in [0.1, 0.15) is 17.2 Å². The van der Waals surface area contributed by atoms with E-state index in [-0.39, 0.29) is 5.75 Å². The van der Waals surface area contributed by atoms with Crippen LogP contribution in [0.25, 0.3) is 0 Å². The summed E-state index contributed by atoms with van der Waals surface area (Å²) >= 11 is 0. The van der Waals surface area contributed by atoms with Crippen LogP contribution < -0.4 is 0 Å². The van der Waals surface area contributed by atoms with Gasteiger partial charge < -0.3 is 25.3 Å². The minimum absolute atomic E-state index is 0.0395. The van der Waals surface area contributed by atoms with Gasteiger partial charge >= 0.3 is 0 Å². The third-order valence-electron chi connectivity index (χ3n) is 4.61. The van der Waals surface area contributed by atoms with Crippen LogP contribution in [-0.4, -0.2) is 50.4 Å². The molecule has 126 valence electrons. The maximum Gasteiger partial charge on any atom is 0.255 e. The molecule has 2 aromatic rings. The fourth-order valence-corrected chi connectivity index (χ4v) is 3.35. The Hall–Kier alpha value is -2.41. The molecule has 1 fully saturated rings. The normalized spacial score (nSPS) is 28.2. The molecule has 0 radical (unpaired) electrons. The van der Waals surface area contributed by atoms with Gasteiger partial charge in [-0.1, -0.05) is 42.5 Å². The van der Waals surface area contributed by atoms with Crippen LogP contribution in [0.15, 0.2) is 54.6 Å². The van der Waals surface area contributed by atoms with Gasteiger partial charge in [0.25, 0.3) is 5.91 Å². The summed E-state index contributed by atoms with van der Waals surface area (Å²) in [5.41, 5.74) is -1.31. The molecule has 1 aliphatic heterocycles. The van der Waals surface area contributed by atoms with E-state index in [2.05, 4.69) is 0 Å². The van der Waals surface area contributed by atoms with E-state index in [0.29, 0.717) is 11.1 Å². The predicted molar refractivity (Wildman–Crippen MR) is 86.0 cm³/mol. The van der Waals surface area contributed by atoms with Crippen LogP contribution in [0.3, 0.4) is 0 Å². The summed E-state index contributed by atoms with van der Waals surface area (Å²) in [6.45, 7) is 0. The number of nitrogens with zero attached hydrogens (tertiary/aromatic N) is 1. The molecule has 1 amide bonds. The van der Waals surface area contributed by atoms with Crippen molar-refractivity contribution in [3.05, 3.63) is 65.7 Å². The topological polar surface area (TPSA) is 101 Å². The summed E-state index contributed by atoms with van der Waals surface area (Å²) < 4.78 is 0. The summed E-state index contributed by atoms with van der Waals surface area (Å²) in [6, 6.07) is 13.2. The summed E-state index contributed by atoms with van der Waals surface area (Å²) in [4.78, 5) is 13.4. The maximum absolute atomic E-state index is 12.3. The Bertz CT molecular complexity index is 750. The molecule has 1 saturated heterocycles. The molecule has 0 spiro atoms. The summed E-state index contributed by atoms with van der Waals surface area (Å²) in [5, 5.41) is 41.9. The van der Waals surface area contributed by atoms with Gasteiger partial charge in [0.05, 0.1) is 6.04 Å². The van der Waals surface area contributed by atoms with Gasteiger partial charge in [-0.15, -0.1) is 0 Å². The summed E-state index contributed by atoms with van der Waals surface area (Å²) in [6.07, 6.45) is -2.99. The highest BCUT2D eigenvalue weighted by atomic mass is 16.4. The van der Waals surface area contributed by atoms with Crippen LogP contribution in [0.2, 0.25) is 0 Å². The molecule has 2 aromatic carbocycles. The molecular formula is C18H19NO5. The molecule has 0 aromatic heterocycles. The quantitative estimate of drug-likeness (QED) is 0.657. The van der Waals surface area contributed by atoms with E-state index in [0.717, 1.165) is 4.90 Å². The number of phenolic OH excluding ortho intramolecular Hbond substituents is 1. The Kier molecular flexibility index (Phi) is 4.04. The summed E-state index contributed by atoms with van der Waals surface area (Å²) in [7, 11) is 1.42. The number of aromatic hydroxyl groups is 1. The lowest BCUT2D eigenvalue weighted by atomic mass is 9.80. The van der Waals surface area contributed by atoms with E-state index < -0.39 is 29.8 Å². The van der Waals surface area contributed by atoms with Crippen molar-refractivity contribution >= 4 is 5.91 Å². The summed E-state index contributed by atoms with van der Waals surface area (Å²) in [5.74, 6) is -0.715. The van der Waals surface area contributed by atoms with Crippen molar-refractivity contribution in [2.75, 3.05) is 7.05 Å². The van der Waals surface area contributed by atoms with Crippen LogP contribution in [0.4, 0.5) is 0 Å². The number of aliphatic hydroxyl groups is 3. The third-order valence-corrected chi connectivity index (χ3v) is 4.61. The van der Waals surface area contributed by atoms with E-state index in [9.17, 15) is 25.2 Å². The Morgan fingerprint density at radius 1 is 1.12 bits per heavy atom. The van der Waals surface area contributed by atoms with Gasteiger partial charge in [-0.2, -0.15) is 0 Å². The van der Waals surface area contributed by atoms with E-state index in [1.807, 2.05) is 0 Å². The van der Waals surface area contributed by atoms with Crippen molar-refractivity contribution in [1.29, 1.82) is 0 Å². The number of likely N-dealkylation sites (tertiary alicyclic amines) is 1. The Morgan fingerprint density at radius 2 is 1.79 bits per heavy atom. The predicted octanol–water partition coefficient (Wildman–Crippen LogP) is 0.515. The lowest BCUT2D eigenvalue weighted by molar-refractivity contribution is -0.138. The molecule has 6 heteroatoms. The second-order valence-corrected chi connectivity index (χ2v) is 6.03. The van der Waals surface area contributed by atoms with E-state index in [4.69, 9.17) is 0 Å². The molecule has 4 atom stereocenters. The van der Waals surface area contributed by atoms with Gasteiger partial charge in [-0.25, -0.2) is 0 Å². The molecule has 0 bridgehead atoms. The molecule has 24 heavy (non-hydrogen) atoms. The van der Waals surface area contributed by atoms with Crippen LogP contribution in [-0.2, 0) is 10.4 Å². The highest BCUT2D eigenvalue weighted by Gasteiger charge is 2.60. The SMILES string of the molecule is CN1C(=O)[C@@H](O)[C@](O)(c2ccccc2)[C@@H]1C(O)c1cccc(O)c1. The number of rotatable bonds is 3. The first-order valence-corrected chi connectivity index (χ1v) is 7.57. The number of likely N-dealkylation sites (N-methyl/N-ethyl adjacent to an activating group) is 1. The molecule has 0 aliphatic carbocycles.